The van der Waals surface area contributed by atoms with E-state index in [9.17, 15) is 10.2 Å². The Hall–Kier alpha value is -2.07. The molecule has 0 saturated carbocycles. The second kappa shape index (κ2) is 8.30. The second-order valence-corrected chi connectivity index (χ2v) is 8.38. The number of aryl methyl sites for hydroxylation is 2. The maximum atomic E-state index is 9.99. The van der Waals surface area contributed by atoms with Gasteiger partial charge in [0.1, 0.15) is 0 Å². The minimum atomic E-state index is -0.0495. The maximum absolute atomic E-state index is 9.99. The molecule has 2 N–H and O–H groups in total. The quantitative estimate of drug-likeness (QED) is 0.542. The first-order valence-electron chi connectivity index (χ1n) is 9.76. The molecule has 1 unspecified atom stereocenters. The van der Waals surface area contributed by atoms with Crippen LogP contribution in [0.25, 0.3) is 0 Å². The van der Waals surface area contributed by atoms with Crippen molar-refractivity contribution in [1.82, 2.24) is 4.90 Å². The molecule has 0 amide bonds. The molecule has 1 heterocycles. The molecule has 27 heavy (non-hydrogen) atoms. The van der Waals surface area contributed by atoms with Crippen molar-refractivity contribution in [3.63, 3.8) is 0 Å². The molecular formula is C23H29NO2S. The van der Waals surface area contributed by atoms with Gasteiger partial charge in [0.25, 0.3) is 0 Å². The number of aromatic hydroxyl groups is 2. The highest BCUT2D eigenvalue weighted by Gasteiger charge is 2.31. The van der Waals surface area contributed by atoms with Gasteiger partial charge < -0.3 is 15.1 Å². The van der Waals surface area contributed by atoms with Crippen molar-refractivity contribution in [2.75, 3.05) is 6.54 Å². The third-order valence-corrected chi connectivity index (χ3v) is 5.88. The maximum Gasteiger partial charge on any atom is 0.157 e. The third kappa shape index (κ3) is 4.44. The van der Waals surface area contributed by atoms with Gasteiger partial charge in [-0.05, 0) is 67.3 Å². The first-order chi connectivity index (χ1) is 12.9. The molecule has 3 rings (SSSR count). The molecule has 144 valence electrons. The Labute approximate surface area is 167 Å². The van der Waals surface area contributed by atoms with Gasteiger partial charge in [-0.2, -0.15) is 0 Å². The second-order valence-electron chi connectivity index (χ2n) is 7.90. The van der Waals surface area contributed by atoms with E-state index in [0.717, 1.165) is 48.3 Å². The molecule has 1 aliphatic rings. The number of nitrogens with zero attached hydrogens (tertiary/aromatic N) is 1. The highest BCUT2D eigenvalue weighted by Crippen LogP contribution is 2.40. The fourth-order valence-electron chi connectivity index (χ4n) is 4.02. The zero-order valence-electron chi connectivity index (χ0n) is 16.4. The lowest BCUT2D eigenvalue weighted by atomic mass is 9.85. The lowest BCUT2D eigenvalue weighted by Gasteiger charge is -2.41. The lowest BCUT2D eigenvalue weighted by Crippen LogP contribution is -2.41. The number of phenols is 2. The summed E-state index contributed by atoms with van der Waals surface area (Å²) in [7, 11) is 0. The van der Waals surface area contributed by atoms with Gasteiger partial charge in [0.05, 0.1) is 11.0 Å². The number of thiocarbonyl (C=S) groups is 1. The van der Waals surface area contributed by atoms with E-state index in [2.05, 4.69) is 49.9 Å². The average molecular weight is 384 g/mol. The summed E-state index contributed by atoms with van der Waals surface area (Å²) in [4.78, 5) is 3.33. The van der Waals surface area contributed by atoms with Crippen LogP contribution in [-0.2, 0) is 12.8 Å². The van der Waals surface area contributed by atoms with E-state index in [0.29, 0.717) is 5.92 Å². The molecule has 0 aliphatic carbocycles. The molecular weight excluding hydrogens is 354 g/mol. The van der Waals surface area contributed by atoms with Crippen molar-refractivity contribution in [3.8, 4) is 11.5 Å². The fourth-order valence-corrected chi connectivity index (χ4v) is 4.37. The van der Waals surface area contributed by atoms with Gasteiger partial charge in [0.2, 0.25) is 0 Å². The van der Waals surface area contributed by atoms with Crippen LogP contribution in [0.4, 0.5) is 0 Å². The van der Waals surface area contributed by atoms with Gasteiger partial charge in [-0.25, -0.2) is 0 Å². The van der Waals surface area contributed by atoms with Gasteiger partial charge in [0.15, 0.2) is 11.5 Å². The van der Waals surface area contributed by atoms with E-state index in [1.807, 2.05) is 0 Å². The molecule has 0 aromatic heterocycles. The van der Waals surface area contributed by atoms with Crippen LogP contribution in [0.5, 0.6) is 11.5 Å². The predicted octanol–water partition coefficient (Wildman–Crippen LogP) is 5.31. The Morgan fingerprint density at radius 1 is 1.15 bits per heavy atom. The largest absolute Gasteiger partial charge is 0.504 e. The molecule has 1 atom stereocenters. The monoisotopic (exact) mass is 383 g/mol. The van der Waals surface area contributed by atoms with Crippen LogP contribution in [0.2, 0.25) is 0 Å². The van der Waals surface area contributed by atoms with Crippen molar-refractivity contribution >= 4 is 17.2 Å². The average Bonchev–Trinajstić information content (AvgIpc) is 2.63. The van der Waals surface area contributed by atoms with Crippen molar-refractivity contribution in [2.24, 2.45) is 5.92 Å². The lowest BCUT2D eigenvalue weighted by molar-refractivity contribution is 0.235. The number of benzene rings is 2. The number of phenolic OH excluding ortho intramolecular Hbond substituents is 2. The molecule has 1 aliphatic heterocycles. The Morgan fingerprint density at radius 2 is 1.81 bits per heavy atom. The molecule has 2 aromatic carbocycles. The van der Waals surface area contributed by atoms with E-state index < -0.39 is 0 Å². The van der Waals surface area contributed by atoms with E-state index in [1.165, 1.54) is 11.1 Å². The number of hydrogen-bond donors (Lipinski definition) is 2. The summed E-state index contributed by atoms with van der Waals surface area (Å²) in [5.74, 6) is 0.278. The summed E-state index contributed by atoms with van der Waals surface area (Å²) in [6.07, 6.45) is 3.80. The Bertz CT molecular complexity index is 814. The van der Waals surface area contributed by atoms with E-state index in [4.69, 9.17) is 12.2 Å². The number of rotatable bonds is 5. The highest BCUT2D eigenvalue weighted by molar-refractivity contribution is 7.80. The summed E-state index contributed by atoms with van der Waals surface area (Å²) >= 11 is 5.81. The Kier molecular flexibility index (Phi) is 6.05. The van der Waals surface area contributed by atoms with Crippen molar-refractivity contribution in [2.45, 2.75) is 52.5 Å². The minimum absolute atomic E-state index is 0.0367. The van der Waals surface area contributed by atoms with Crippen LogP contribution in [0.1, 0.15) is 55.0 Å². The molecule has 0 spiro atoms. The van der Waals surface area contributed by atoms with Crippen LogP contribution >= 0.6 is 12.2 Å². The topological polar surface area (TPSA) is 43.7 Å². The summed E-state index contributed by atoms with van der Waals surface area (Å²) in [6.45, 7) is 7.34. The van der Waals surface area contributed by atoms with Gasteiger partial charge in [-0.15, -0.1) is 0 Å². The van der Waals surface area contributed by atoms with E-state index in [-0.39, 0.29) is 17.5 Å². The van der Waals surface area contributed by atoms with E-state index in [1.54, 1.807) is 12.1 Å². The number of hydrogen-bond acceptors (Lipinski definition) is 3. The summed E-state index contributed by atoms with van der Waals surface area (Å²) in [5, 5.41) is 19.8. The van der Waals surface area contributed by atoms with E-state index >= 15 is 0 Å². The van der Waals surface area contributed by atoms with Gasteiger partial charge in [-0.3, -0.25) is 0 Å². The predicted molar refractivity (Wildman–Crippen MR) is 114 cm³/mol. The van der Waals surface area contributed by atoms with Crippen molar-refractivity contribution in [1.29, 1.82) is 0 Å². The Balaban J connectivity index is 1.70. The molecule has 3 nitrogen and oxygen atoms in total. The summed E-state index contributed by atoms with van der Waals surface area (Å²) in [5.41, 5.74) is 4.85. The third-order valence-electron chi connectivity index (χ3n) is 5.44. The standard InChI is InChI=1S/C23H29NO2S/c1-15(2)23-19-14-21(26)20(25)13-18(19)11-12-24(23)22(27)6-4-5-17-9-7-16(3)8-10-17/h7-10,13-15,23,25-26H,4-6,11-12H2,1-3H3. The molecule has 0 radical (unpaired) electrons. The van der Waals surface area contributed by atoms with Crippen LogP contribution in [-0.4, -0.2) is 26.6 Å². The smallest absolute Gasteiger partial charge is 0.157 e. The van der Waals surface area contributed by atoms with Gasteiger partial charge in [0, 0.05) is 6.54 Å². The fraction of sp³-hybridized carbons (Fsp3) is 0.435. The van der Waals surface area contributed by atoms with Crippen molar-refractivity contribution in [3.05, 3.63) is 58.7 Å². The first kappa shape index (κ1) is 19.7. The van der Waals surface area contributed by atoms with Crippen LogP contribution in [0.15, 0.2) is 36.4 Å². The SMILES string of the molecule is Cc1ccc(CCCC(=S)N2CCc3cc(O)c(O)cc3C2C(C)C)cc1. The zero-order chi connectivity index (χ0) is 19.6. The molecule has 2 aromatic rings. The number of fused-ring (bicyclic) bond motifs is 1. The zero-order valence-corrected chi connectivity index (χ0v) is 17.2. The highest BCUT2D eigenvalue weighted by atomic mass is 32.1. The normalized spacial score (nSPS) is 16.4. The van der Waals surface area contributed by atoms with Crippen LogP contribution in [0.3, 0.4) is 0 Å². The van der Waals surface area contributed by atoms with Gasteiger partial charge in [-0.1, -0.05) is 55.9 Å². The summed E-state index contributed by atoms with van der Waals surface area (Å²) in [6, 6.07) is 12.3. The molecule has 0 saturated heterocycles. The van der Waals surface area contributed by atoms with Crippen LogP contribution < -0.4 is 0 Å². The molecule has 4 heteroatoms. The van der Waals surface area contributed by atoms with Crippen molar-refractivity contribution < 1.29 is 10.2 Å². The minimum Gasteiger partial charge on any atom is -0.504 e. The molecule has 0 bridgehead atoms. The van der Waals surface area contributed by atoms with Crippen LogP contribution in [0, 0.1) is 12.8 Å². The summed E-state index contributed by atoms with van der Waals surface area (Å²) < 4.78 is 0. The Morgan fingerprint density at radius 3 is 2.48 bits per heavy atom. The van der Waals surface area contributed by atoms with Gasteiger partial charge >= 0.3 is 0 Å². The first-order valence-corrected chi connectivity index (χ1v) is 10.2. The molecule has 0 fully saturated rings.